The van der Waals surface area contributed by atoms with Gasteiger partial charge in [-0.2, -0.15) is 0 Å². The summed E-state index contributed by atoms with van der Waals surface area (Å²) in [5.74, 6) is 0.742. The third-order valence-electron chi connectivity index (χ3n) is 3.90. The Hall–Kier alpha value is -0.750. The summed E-state index contributed by atoms with van der Waals surface area (Å²) >= 11 is 0. The highest BCUT2D eigenvalue weighted by Gasteiger charge is 2.44. The maximum Gasteiger partial charge on any atom is 0.511 e. The zero-order valence-corrected chi connectivity index (χ0v) is 12.8. The number of aromatic nitrogens is 1. The molecule has 1 aromatic rings. The molecule has 0 aromatic carbocycles. The smallest absolute Gasteiger partial charge is 0.422 e. The summed E-state index contributed by atoms with van der Waals surface area (Å²) in [5.41, 5.74) is 1.24. The van der Waals surface area contributed by atoms with Crippen molar-refractivity contribution >= 4 is 25.4 Å². The van der Waals surface area contributed by atoms with Gasteiger partial charge in [-0.3, -0.25) is 0 Å². The van der Waals surface area contributed by atoms with Gasteiger partial charge < -0.3 is 23.9 Å². The van der Waals surface area contributed by atoms with E-state index in [1.54, 1.807) is 17.7 Å². The highest BCUT2D eigenvalue weighted by Crippen LogP contribution is 2.27. The Morgan fingerprint density at radius 3 is 1.95 bits per heavy atom. The van der Waals surface area contributed by atoms with Crippen LogP contribution in [0.1, 0.15) is 27.7 Å². The predicted octanol–water partition coefficient (Wildman–Crippen LogP) is -0.504. The minimum absolute atomic E-state index is 0.0531. The lowest BCUT2D eigenvalue weighted by atomic mass is 9.84. The first-order valence-corrected chi connectivity index (χ1v) is 7.15. The fourth-order valence-electron chi connectivity index (χ4n) is 2.72. The van der Waals surface area contributed by atoms with Crippen LogP contribution in [0.4, 0.5) is 0 Å². The molecule has 1 saturated heterocycles. The monoisotopic (exact) mass is 279 g/mol. The Kier molecular flexibility index (Phi) is 4.64. The summed E-state index contributed by atoms with van der Waals surface area (Å²) in [6.45, 7) is 8.50. The van der Waals surface area contributed by atoms with Gasteiger partial charge in [0.05, 0.1) is 12.2 Å². The van der Waals surface area contributed by atoms with Crippen LogP contribution in [0.3, 0.4) is 0 Å². The Bertz CT molecular complexity index is 445. The largest absolute Gasteiger partial charge is 0.511 e. The van der Waals surface area contributed by atoms with Gasteiger partial charge in [-0.1, -0.05) is 27.7 Å². The van der Waals surface area contributed by atoms with E-state index < -0.39 is 14.2 Å². The molecule has 0 radical (unpaired) electrons. The normalized spacial score (nSPS) is 23.1. The molecule has 1 aliphatic heterocycles. The quantitative estimate of drug-likeness (QED) is 0.729. The van der Waals surface area contributed by atoms with Crippen LogP contribution >= 0.6 is 0 Å². The van der Waals surface area contributed by atoms with Gasteiger partial charge in [0, 0.05) is 18.2 Å². The molecule has 2 N–H and O–H groups in total. The molecule has 2 atom stereocenters. The number of rotatable bonds is 4. The van der Waals surface area contributed by atoms with Gasteiger partial charge in [-0.15, -0.1) is 0 Å². The lowest BCUT2D eigenvalue weighted by Crippen LogP contribution is -2.44. The van der Waals surface area contributed by atoms with Crippen molar-refractivity contribution in [3.63, 3.8) is 0 Å². The first-order chi connectivity index (χ1) is 9.32. The van der Waals surface area contributed by atoms with Crippen molar-refractivity contribution in [3.05, 3.63) is 12.1 Å². The molecule has 110 valence electrons. The number of nitrogens with zero attached hydrogens (tertiary/aromatic N) is 1. The molecule has 1 aliphatic rings. The first-order valence-electron chi connectivity index (χ1n) is 7.15. The Morgan fingerprint density at radius 2 is 1.60 bits per heavy atom. The minimum atomic E-state index is -1.49. The lowest BCUT2D eigenvalue weighted by Gasteiger charge is -2.24. The zero-order chi connectivity index (χ0) is 15.0. The Balaban J connectivity index is 2.23. The van der Waals surface area contributed by atoms with Crippen LogP contribution in [0.5, 0.6) is 0 Å². The number of hydrogen-bond acceptors (Lipinski definition) is 4. The van der Waals surface area contributed by atoms with Crippen LogP contribution in [0.25, 0.3) is 0 Å². The molecule has 20 heavy (non-hydrogen) atoms. The fourth-order valence-corrected chi connectivity index (χ4v) is 2.72. The first kappa shape index (κ1) is 15.6. The second-order valence-electron chi connectivity index (χ2n) is 6.14. The van der Waals surface area contributed by atoms with E-state index in [2.05, 4.69) is 27.7 Å². The highest BCUT2D eigenvalue weighted by atomic mass is 16.7. The summed E-state index contributed by atoms with van der Waals surface area (Å²) in [6.07, 6.45) is 0.106. The van der Waals surface area contributed by atoms with E-state index in [0.717, 1.165) is 5.59 Å². The summed E-state index contributed by atoms with van der Waals surface area (Å²) in [4.78, 5) is 0. The maximum absolute atomic E-state index is 9.29. The summed E-state index contributed by atoms with van der Waals surface area (Å²) < 4.78 is 13.8. The molecule has 0 bridgehead atoms. The van der Waals surface area contributed by atoms with Gasteiger partial charge in [-0.05, 0) is 24.0 Å². The van der Waals surface area contributed by atoms with E-state index in [0.29, 0.717) is 17.4 Å². The van der Waals surface area contributed by atoms with Crippen molar-refractivity contribution < 1.29 is 19.4 Å². The molecular formula is C13H23B2NO4. The summed E-state index contributed by atoms with van der Waals surface area (Å²) in [5, 5.41) is 18.6. The third kappa shape index (κ3) is 2.81. The van der Waals surface area contributed by atoms with Crippen molar-refractivity contribution in [2.75, 3.05) is 0 Å². The standard InChI is InChI=1S/C13H23B2NO4/c1-8(2)12-13(9(3)4)20-15(19-12)11-7-6-10(14(17)18)16(11)5/h6-9,12-13,17-18H,1-5H3. The second-order valence-corrected chi connectivity index (χ2v) is 6.14. The Labute approximate surface area is 121 Å². The predicted molar refractivity (Wildman–Crippen MR) is 80.0 cm³/mol. The van der Waals surface area contributed by atoms with E-state index in [1.807, 2.05) is 6.07 Å². The van der Waals surface area contributed by atoms with E-state index in [1.165, 1.54) is 0 Å². The van der Waals surface area contributed by atoms with Crippen molar-refractivity contribution in [1.29, 1.82) is 0 Å². The fraction of sp³-hybridized carbons (Fsp3) is 0.692. The minimum Gasteiger partial charge on any atom is -0.422 e. The molecule has 7 heteroatoms. The molecule has 2 rings (SSSR count). The van der Waals surface area contributed by atoms with Crippen LogP contribution in [0, 0.1) is 11.8 Å². The Morgan fingerprint density at radius 1 is 1.10 bits per heavy atom. The highest BCUT2D eigenvalue weighted by molar-refractivity contribution is 6.63. The van der Waals surface area contributed by atoms with Gasteiger partial charge in [0.15, 0.2) is 0 Å². The van der Waals surface area contributed by atoms with Crippen LogP contribution in [-0.4, -0.2) is 41.1 Å². The summed E-state index contributed by atoms with van der Waals surface area (Å²) in [7, 11) is -0.159. The van der Waals surface area contributed by atoms with E-state index in [4.69, 9.17) is 9.31 Å². The molecule has 0 saturated carbocycles. The van der Waals surface area contributed by atoms with Crippen molar-refractivity contribution in [2.45, 2.75) is 39.9 Å². The molecule has 0 spiro atoms. The lowest BCUT2D eigenvalue weighted by molar-refractivity contribution is 0.0815. The van der Waals surface area contributed by atoms with Gasteiger partial charge >= 0.3 is 14.2 Å². The molecule has 1 aromatic heterocycles. The topological polar surface area (TPSA) is 63.8 Å². The van der Waals surface area contributed by atoms with Crippen LogP contribution in [0.2, 0.25) is 0 Å². The van der Waals surface area contributed by atoms with Gasteiger partial charge in [0.1, 0.15) is 0 Å². The average Bonchev–Trinajstić information content (AvgIpc) is 2.91. The molecule has 5 nitrogen and oxygen atoms in total. The van der Waals surface area contributed by atoms with Crippen molar-refractivity contribution in [1.82, 2.24) is 4.57 Å². The van der Waals surface area contributed by atoms with Crippen LogP contribution < -0.4 is 11.2 Å². The molecule has 2 heterocycles. The molecule has 0 aliphatic carbocycles. The molecule has 2 unspecified atom stereocenters. The van der Waals surface area contributed by atoms with E-state index >= 15 is 0 Å². The number of hydrogen-bond donors (Lipinski definition) is 2. The maximum atomic E-state index is 9.29. The second kappa shape index (κ2) is 5.93. The summed E-state index contributed by atoms with van der Waals surface area (Å²) in [6, 6.07) is 3.50. The van der Waals surface area contributed by atoms with Gasteiger partial charge in [-0.25, -0.2) is 0 Å². The van der Waals surface area contributed by atoms with E-state index in [-0.39, 0.29) is 12.2 Å². The van der Waals surface area contributed by atoms with Gasteiger partial charge in [0.2, 0.25) is 0 Å². The average molecular weight is 279 g/mol. The zero-order valence-electron chi connectivity index (χ0n) is 12.8. The van der Waals surface area contributed by atoms with Crippen LogP contribution in [0.15, 0.2) is 12.1 Å². The van der Waals surface area contributed by atoms with Crippen molar-refractivity contribution in [3.8, 4) is 0 Å². The molecule has 0 amide bonds. The van der Waals surface area contributed by atoms with E-state index in [9.17, 15) is 10.0 Å². The SMILES string of the molecule is CC(C)C1OB(c2ccc(B(O)O)n2C)OC1C(C)C. The molecular weight excluding hydrogens is 256 g/mol. The third-order valence-corrected chi connectivity index (χ3v) is 3.90. The van der Waals surface area contributed by atoms with Gasteiger partial charge in [0.25, 0.3) is 0 Å². The molecule has 1 fully saturated rings. The van der Waals surface area contributed by atoms with Crippen molar-refractivity contribution in [2.24, 2.45) is 18.9 Å². The van der Waals surface area contributed by atoms with Crippen LogP contribution in [-0.2, 0) is 16.4 Å².